The highest BCUT2D eigenvalue weighted by Crippen LogP contribution is 2.26. The first kappa shape index (κ1) is 15.0. The van der Waals surface area contributed by atoms with E-state index in [-0.39, 0.29) is 6.54 Å². The lowest BCUT2D eigenvalue weighted by atomic mass is 10.00. The van der Waals surface area contributed by atoms with Gasteiger partial charge in [0.05, 0.1) is 6.54 Å². The van der Waals surface area contributed by atoms with Crippen LogP contribution in [0.25, 0.3) is 0 Å². The zero-order chi connectivity index (χ0) is 14.7. The molecule has 0 amide bonds. The Kier molecular flexibility index (Phi) is 4.81. The molecule has 3 heteroatoms. The highest BCUT2D eigenvalue weighted by molar-refractivity contribution is 5.69. The van der Waals surface area contributed by atoms with Gasteiger partial charge < -0.3 is 5.11 Å². The van der Waals surface area contributed by atoms with E-state index in [0.717, 1.165) is 19.4 Å². The van der Waals surface area contributed by atoms with Gasteiger partial charge in [0.1, 0.15) is 0 Å². The predicted octanol–water partition coefficient (Wildman–Crippen LogP) is 3.44. The number of hydrogen-bond acceptors (Lipinski definition) is 2. The van der Waals surface area contributed by atoms with Crippen LogP contribution < -0.4 is 0 Å². The Morgan fingerprint density at radius 3 is 2.35 bits per heavy atom. The zero-order valence-electron chi connectivity index (χ0n) is 12.8. The van der Waals surface area contributed by atoms with E-state index in [9.17, 15) is 4.79 Å². The predicted molar refractivity (Wildman–Crippen MR) is 81.0 cm³/mol. The summed E-state index contributed by atoms with van der Waals surface area (Å²) in [5.41, 5.74) is 5.12. The first-order valence-electron chi connectivity index (χ1n) is 7.50. The van der Waals surface area contributed by atoms with Gasteiger partial charge in [-0.3, -0.25) is 9.69 Å². The van der Waals surface area contributed by atoms with Gasteiger partial charge in [0.2, 0.25) is 0 Å². The standard InChI is InChI=1S/C17H25NO2/c1-12-8-14(3)15(9-13(12)2)10-18(11-17(19)20)16-6-4-5-7-16/h8-9,16H,4-7,10-11H2,1-3H3,(H,19,20). The molecule has 0 bridgehead atoms. The van der Waals surface area contributed by atoms with Crippen LogP contribution in [-0.2, 0) is 11.3 Å². The van der Waals surface area contributed by atoms with Gasteiger partial charge in [-0.25, -0.2) is 0 Å². The van der Waals surface area contributed by atoms with Crippen molar-refractivity contribution in [2.75, 3.05) is 6.54 Å². The first-order valence-corrected chi connectivity index (χ1v) is 7.50. The summed E-state index contributed by atoms with van der Waals surface area (Å²) in [6.07, 6.45) is 4.73. The third kappa shape index (κ3) is 3.60. The molecule has 0 radical (unpaired) electrons. The second-order valence-corrected chi connectivity index (χ2v) is 6.10. The Balaban J connectivity index is 2.18. The summed E-state index contributed by atoms with van der Waals surface area (Å²) in [4.78, 5) is 13.3. The molecule has 0 heterocycles. The van der Waals surface area contributed by atoms with Gasteiger partial charge in [-0.2, -0.15) is 0 Å². The number of carboxylic acid groups (broad SMARTS) is 1. The Hall–Kier alpha value is -1.35. The van der Waals surface area contributed by atoms with Gasteiger partial charge in [-0.15, -0.1) is 0 Å². The van der Waals surface area contributed by atoms with Crippen LogP contribution in [-0.4, -0.2) is 28.6 Å². The molecule has 20 heavy (non-hydrogen) atoms. The summed E-state index contributed by atoms with van der Waals surface area (Å²) in [7, 11) is 0. The summed E-state index contributed by atoms with van der Waals surface area (Å²) < 4.78 is 0. The molecule has 1 aromatic rings. The van der Waals surface area contributed by atoms with Crippen molar-refractivity contribution in [3.05, 3.63) is 34.4 Å². The molecule has 1 aliphatic carbocycles. The van der Waals surface area contributed by atoms with Crippen molar-refractivity contribution in [3.8, 4) is 0 Å². The van der Waals surface area contributed by atoms with E-state index in [2.05, 4.69) is 37.8 Å². The molecule has 2 rings (SSSR count). The van der Waals surface area contributed by atoms with Gasteiger partial charge in [0, 0.05) is 12.6 Å². The third-order valence-electron chi connectivity index (χ3n) is 4.51. The fourth-order valence-corrected chi connectivity index (χ4v) is 3.17. The Bertz CT molecular complexity index is 490. The number of benzene rings is 1. The molecule has 1 fully saturated rings. The number of aryl methyl sites for hydroxylation is 3. The molecule has 0 saturated heterocycles. The van der Waals surface area contributed by atoms with Crippen LogP contribution >= 0.6 is 0 Å². The molecule has 1 N–H and O–H groups in total. The molecule has 0 aliphatic heterocycles. The van der Waals surface area contributed by atoms with Crippen LogP contribution in [0.15, 0.2) is 12.1 Å². The Morgan fingerprint density at radius 2 is 1.75 bits per heavy atom. The van der Waals surface area contributed by atoms with Gasteiger partial charge >= 0.3 is 5.97 Å². The lowest BCUT2D eigenvalue weighted by Gasteiger charge is -2.28. The lowest BCUT2D eigenvalue weighted by Crippen LogP contribution is -2.37. The van der Waals surface area contributed by atoms with Crippen molar-refractivity contribution in [2.24, 2.45) is 0 Å². The van der Waals surface area contributed by atoms with Crippen LogP contribution in [0.1, 0.15) is 47.9 Å². The SMILES string of the molecule is Cc1cc(C)c(CN(CC(=O)O)C2CCCC2)cc1C. The monoisotopic (exact) mass is 275 g/mol. The minimum absolute atomic E-state index is 0.150. The molecule has 0 unspecified atom stereocenters. The molecule has 1 aromatic carbocycles. The highest BCUT2D eigenvalue weighted by atomic mass is 16.4. The minimum Gasteiger partial charge on any atom is -0.480 e. The molecule has 1 aliphatic rings. The van der Waals surface area contributed by atoms with Crippen LogP contribution in [0.5, 0.6) is 0 Å². The second-order valence-electron chi connectivity index (χ2n) is 6.10. The fraction of sp³-hybridized carbons (Fsp3) is 0.588. The van der Waals surface area contributed by atoms with E-state index >= 15 is 0 Å². The Morgan fingerprint density at radius 1 is 1.15 bits per heavy atom. The van der Waals surface area contributed by atoms with Crippen LogP contribution in [0.4, 0.5) is 0 Å². The largest absolute Gasteiger partial charge is 0.480 e. The molecule has 0 aromatic heterocycles. The number of hydrogen-bond donors (Lipinski definition) is 1. The number of nitrogens with zero attached hydrogens (tertiary/aromatic N) is 1. The van der Waals surface area contributed by atoms with Crippen LogP contribution in [0, 0.1) is 20.8 Å². The zero-order valence-corrected chi connectivity index (χ0v) is 12.8. The summed E-state index contributed by atoms with van der Waals surface area (Å²) in [6, 6.07) is 4.86. The fourth-order valence-electron chi connectivity index (χ4n) is 3.17. The summed E-state index contributed by atoms with van der Waals surface area (Å²) >= 11 is 0. The first-order chi connectivity index (χ1) is 9.47. The average Bonchev–Trinajstić information content (AvgIpc) is 2.88. The van der Waals surface area contributed by atoms with E-state index < -0.39 is 5.97 Å². The highest BCUT2D eigenvalue weighted by Gasteiger charge is 2.24. The van der Waals surface area contributed by atoms with Crippen molar-refractivity contribution in [3.63, 3.8) is 0 Å². The average molecular weight is 275 g/mol. The second kappa shape index (κ2) is 6.40. The maximum Gasteiger partial charge on any atom is 0.317 e. The Labute approximate surface area is 121 Å². The van der Waals surface area contributed by atoms with E-state index in [4.69, 9.17) is 5.11 Å². The molecule has 1 saturated carbocycles. The topological polar surface area (TPSA) is 40.5 Å². The van der Waals surface area contributed by atoms with Gasteiger partial charge in [-0.1, -0.05) is 25.0 Å². The van der Waals surface area contributed by atoms with Gasteiger partial charge in [0.15, 0.2) is 0 Å². The van der Waals surface area contributed by atoms with Crippen molar-refractivity contribution >= 4 is 5.97 Å². The summed E-state index contributed by atoms with van der Waals surface area (Å²) in [5.74, 6) is -0.724. The smallest absolute Gasteiger partial charge is 0.317 e. The maximum atomic E-state index is 11.1. The molecular weight excluding hydrogens is 250 g/mol. The van der Waals surface area contributed by atoms with Crippen molar-refractivity contribution in [1.82, 2.24) is 4.90 Å². The van der Waals surface area contributed by atoms with Crippen LogP contribution in [0.2, 0.25) is 0 Å². The number of aliphatic carboxylic acids is 1. The molecule has 110 valence electrons. The summed E-state index contributed by atoms with van der Waals surface area (Å²) in [5, 5.41) is 9.15. The van der Waals surface area contributed by atoms with Crippen molar-refractivity contribution in [1.29, 1.82) is 0 Å². The maximum absolute atomic E-state index is 11.1. The number of carboxylic acids is 1. The van der Waals surface area contributed by atoms with Crippen molar-refractivity contribution < 1.29 is 9.90 Å². The van der Waals surface area contributed by atoms with E-state index in [1.54, 1.807) is 0 Å². The summed E-state index contributed by atoms with van der Waals surface area (Å²) in [6.45, 7) is 7.27. The van der Waals surface area contributed by atoms with E-state index in [1.165, 1.54) is 35.1 Å². The lowest BCUT2D eigenvalue weighted by molar-refractivity contribution is -0.139. The molecule has 0 atom stereocenters. The van der Waals surface area contributed by atoms with E-state index in [0.29, 0.717) is 6.04 Å². The molecular formula is C17H25NO2. The van der Waals surface area contributed by atoms with Crippen LogP contribution in [0.3, 0.4) is 0 Å². The number of rotatable bonds is 5. The van der Waals surface area contributed by atoms with Crippen molar-refractivity contribution in [2.45, 2.75) is 59.0 Å². The molecule has 0 spiro atoms. The quantitative estimate of drug-likeness (QED) is 0.895. The van der Waals surface area contributed by atoms with Gasteiger partial charge in [0.25, 0.3) is 0 Å². The molecule has 3 nitrogen and oxygen atoms in total. The van der Waals surface area contributed by atoms with Gasteiger partial charge in [-0.05, 0) is 55.9 Å². The van der Waals surface area contributed by atoms with E-state index in [1.807, 2.05) is 0 Å². The number of carbonyl (C=O) groups is 1. The third-order valence-corrected chi connectivity index (χ3v) is 4.51. The minimum atomic E-state index is -0.724. The normalized spacial score (nSPS) is 16.0.